The minimum absolute atomic E-state index is 0.294. The minimum atomic E-state index is -0.294. The van der Waals surface area contributed by atoms with Crippen LogP contribution in [0.5, 0.6) is 0 Å². The van der Waals surface area contributed by atoms with Crippen LogP contribution in [-0.4, -0.2) is 66.3 Å². The molecule has 4 nitrogen and oxygen atoms in total. The van der Waals surface area contributed by atoms with E-state index in [1.807, 2.05) is 0 Å². The van der Waals surface area contributed by atoms with E-state index < -0.39 is 0 Å². The third-order valence-corrected chi connectivity index (χ3v) is 5.90. The van der Waals surface area contributed by atoms with Crippen LogP contribution in [0.4, 0.5) is 0 Å². The van der Waals surface area contributed by atoms with Gasteiger partial charge in [0.1, 0.15) is 0 Å². The van der Waals surface area contributed by atoms with Crippen molar-refractivity contribution in [1.29, 1.82) is 0 Å². The molecule has 0 spiro atoms. The van der Waals surface area contributed by atoms with E-state index in [1.54, 1.807) is 0 Å². The molecule has 1 saturated heterocycles. The molecule has 2 heterocycles. The lowest BCUT2D eigenvalue weighted by molar-refractivity contribution is 0.0827. The first kappa shape index (κ1) is 17.9. The van der Waals surface area contributed by atoms with Crippen molar-refractivity contribution in [3.8, 4) is 0 Å². The Morgan fingerprint density at radius 1 is 1.25 bits per heavy atom. The summed E-state index contributed by atoms with van der Waals surface area (Å²) in [6.07, 6.45) is 1.97. The molecule has 0 aromatic heterocycles. The van der Waals surface area contributed by atoms with Crippen molar-refractivity contribution in [2.45, 2.75) is 51.4 Å². The maximum Gasteiger partial charge on any atom is 0.0791 e. The number of hydrogen-bond acceptors (Lipinski definition) is 4. The molecule has 4 atom stereocenters. The molecule has 0 bridgehead atoms. The topological polar surface area (TPSA) is 38.7 Å². The van der Waals surface area contributed by atoms with Gasteiger partial charge < -0.3 is 15.3 Å². The Bertz CT molecular complexity index is 535. The van der Waals surface area contributed by atoms with Crippen LogP contribution >= 0.6 is 0 Å². The first-order valence-corrected chi connectivity index (χ1v) is 9.43. The minimum Gasteiger partial charge on any atom is -0.390 e. The number of hydrogen-bond donors (Lipinski definition) is 2. The number of aliphatic hydroxyl groups is 1. The summed E-state index contributed by atoms with van der Waals surface area (Å²) >= 11 is 0. The zero-order valence-corrected chi connectivity index (χ0v) is 15.4. The number of benzene rings is 1. The molecule has 2 aliphatic rings. The lowest BCUT2D eigenvalue weighted by atomic mass is 9.90. The monoisotopic (exact) mass is 331 g/mol. The predicted octanol–water partition coefficient (Wildman–Crippen LogP) is 1.72. The molecule has 0 radical (unpaired) electrons. The standard InChI is InChI=1S/C20H33N3O/c1-15-12-22(3)16(2)10-20(15)21-11-19(24)14-23-9-8-17-6-4-5-7-18(17)13-23/h4-7,15-16,19-21,24H,8-14H2,1-3H3. The summed E-state index contributed by atoms with van der Waals surface area (Å²) in [7, 11) is 2.21. The van der Waals surface area contributed by atoms with Gasteiger partial charge in [-0.25, -0.2) is 0 Å². The van der Waals surface area contributed by atoms with Gasteiger partial charge in [-0.2, -0.15) is 0 Å². The summed E-state index contributed by atoms with van der Waals surface area (Å²) in [5.41, 5.74) is 2.89. The molecule has 0 aliphatic carbocycles. The lowest BCUT2D eigenvalue weighted by Crippen LogP contribution is -2.52. The van der Waals surface area contributed by atoms with Gasteiger partial charge >= 0.3 is 0 Å². The van der Waals surface area contributed by atoms with Gasteiger partial charge in [-0.15, -0.1) is 0 Å². The van der Waals surface area contributed by atoms with E-state index in [-0.39, 0.29) is 6.10 Å². The molecule has 1 aromatic carbocycles. The van der Waals surface area contributed by atoms with E-state index in [2.05, 4.69) is 60.3 Å². The van der Waals surface area contributed by atoms with Crippen LogP contribution in [0, 0.1) is 5.92 Å². The molecule has 4 unspecified atom stereocenters. The van der Waals surface area contributed by atoms with Crippen molar-refractivity contribution in [2.24, 2.45) is 5.92 Å². The number of nitrogens with one attached hydrogen (secondary N) is 1. The number of nitrogens with zero attached hydrogens (tertiary/aromatic N) is 2. The second kappa shape index (κ2) is 7.96. The van der Waals surface area contributed by atoms with Crippen molar-refractivity contribution in [3.05, 3.63) is 35.4 Å². The van der Waals surface area contributed by atoms with Crippen LogP contribution in [0.25, 0.3) is 0 Å². The Kier molecular flexibility index (Phi) is 5.93. The quantitative estimate of drug-likeness (QED) is 0.862. The number of likely N-dealkylation sites (tertiary alicyclic amines) is 1. The van der Waals surface area contributed by atoms with Gasteiger partial charge in [0.15, 0.2) is 0 Å². The highest BCUT2D eigenvalue weighted by Gasteiger charge is 2.29. The zero-order chi connectivity index (χ0) is 17.1. The molecule has 3 rings (SSSR count). The van der Waals surface area contributed by atoms with Crippen molar-refractivity contribution in [1.82, 2.24) is 15.1 Å². The highest BCUT2D eigenvalue weighted by Crippen LogP contribution is 2.21. The second-order valence-electron chi connectivity index (χ2n) is 7.92. The van der Waals surface area contributed by atoms with Crippen molar-refractivity contribution in [3.63, 3.8) is 0 Å². The summed E-state index contributed by atoms with van der Waals surface area (Å²) in [6.45, 7) is 9.22. The maximum absolute atomic E-state index is 10.5. The number of β-amino-alcohol motifs (C(OH)–C–C–N with tert-alkyl or cyclic N) is 1. The van der Waals surface area contributed by atoms with Gasteiger partial charge in [0.05, 0.1) is 6.10 Å². The highest BCUT2D eigenvalue weighted by atomic mass is 16.3. The SMILES string of the molecule is CC1CN(C)C(C)CC1NCC(O)CN1CCc2ccccc2C1. The van der Waals surface area contributed by atoms with Crippen LogP contribution in [0.15, 0.2) is 24.3 Å². The number of aliphatic hydroxyl groups excluding tert-OH is 1. The van der Waals surface area contributed by atoms with Crippen LogP contribution in [0.1, 0.15) is 31.4 Å². The average molecular weight is 332 g/mol. The largest absolute Gasteiger partial charge is 0.390 e. The van der Waals surface area contributed by atoms with Crippen LogP contribution in [-0.2, 0) is 13.0 Å². The molecule has 1 aromatic rings. The molecule has 2 aliphatic heterocycles. The summed E-state index contributed by atoms with van der Waals surface area (Å²) in [6, 6.07) is 9.82. The Labute approximate surface area is 146 Å². The van der Waals surface area contributed by atoms with Crippen molar-refractivity contribution >= 4 is 0 Å². The molecule has 134 valence electrons. The molecule has 2 N–H and O–H groups in total. The molecular formula is C20H33N3O. The normalized spacial score (nSPS) is 30.1. The van der Waals surface area contributed by atoms with Gasteiger partial charge in [-0.05, 0) is 43.9 Å². The fraction of sp³-hybridized carbons (Fsp3) is 0.700. The number of piperidine rings is 1. The van der Waals surface area contributed by atoms with E-state index in [9.17, 15) is 5.11 Å². The molecule has 0 amide bonds. The molecule has 4 heteroatoms. The van der Waals surface area contributed by atoms with Gasteiger partial charge in [0, 0.05) is 44.8 Å². The van der Waals surface area contributed by atoms with E-state index >= 15 is 0 Å². The molecular weight excluding hydrogens is 298 g/mol. The van der Waals surface area contributed by atoms with E-state index in [1.165, 1.54) is 17.5 Å². The molecule has 24 heavy (non-hydrogen) atoms. The maximum atomic E-state index is 10.5. The van der Waals surface area contributed by atoms with Gasteiger partial charge in [-0.3, -0.25) is 4.90 Å². The molecule has 1 fully saturated rings. The smallest absolute Gasteiger partial charge is 0.0791 e. The lowest BCUT2D eigenvalue weighted by Gasteiger charge is -2.40. The first-order chi connectivity index (χ1) is 11.5. The van der Waals surface area contributed by atoms with E-state index in [0.29, 0.717) is 24.5 Å². The predicted molar refractivity (Wildman–Crippen MR) is 99.1 cm³/mol. The third-order valence-electron chi connectivity index (χ3n) is 5.90. The summed E-state index contributed by atoms with van der Waals surface area (Å²) in [5, 5.41) is 14.1. The Morgan fingerprint density at radius 3 is 2.79 bits per heavy atom. The van der Waals surface area contributed by atoms with Gasteiger partial charge in [-0.1, -0.05) is 31.2 Å². The summed E-state index contributed by atoms with van der Waals surface area (Å²) in [4.78, 5) is 4.82. The Hall–Kier alpha value is -0.940. The average Bonchev–Trinajstić information content (AvgIpc) is 2.57. The van der Waals surface area contributed by atoms with Crippen molar-refractivity contribution in [2.75, 3.05) is 33.2 Å². The second-order valence-corrected chi connectivity index (χ2v) is 7.92. The van der Waals surface area contributed by atoms with Crippen LogP contribution < -0.4 is 5.32 Å². The van der Waals surface area contributed by atoms with E-state index in [0.717, 1.165) is 32.6 Å². The third kappa shape index (κ3) is 4.37. The highest BCUT2D eigenvalue weighted by molar-refractivity contribution is 5.29. The fourth-order valence-electron chi connectivity index (χ4n) is 4.19. The van der Waals surface area contributed by atoms with Crippen LogP contribution in [0.3, 0.4) is 0 Å². The number of fused-ring (bicyclic) bond motifs is 1. The molecule has 0 saturated carbocycles. The van der Waals surface area contributed by atoms with Gasteiger partial charge in [0.2, 0.25) is 0 Å². The van der Waals surface area contributed by atoms with Crippen molar-refractivity contribution < 1.29 is 5.11 Å². The van der Waals surface area contributed by atoms with Gasteiger partial charge in [0.25, 0.3) is 0 Å². The number of rotatable bonds is 5. The summed E-state index contributed by atoms with van der Waals surface area (Å²) in [5.74, 6) is 0.639. The van der Waals surface area contributed by atoms with Crippen LogP contribution in [0.2, 0.25) is 0 Å². The van der Waals surface area contributed by atoms with E-state index in [4.69, 9.17) is 0 Å². The Balaban J connectivity index is 1.44. The summed E-state index contributed by atoms with van der Waals surface area (Å²) < 4.78 is 0. The fourth-order valence-corrected chi connectivity index (χ4v) is 4.19. The first-order valence-electron chi connectivity index (χ1n) is 9.43. The Morgan fingerprint density at radius 2 is 2.00 bits per heavy atom. The zero-order valence-electron chi connectivity index (χ0n) is 15.4.